The molecule has 1 N–H and O–H groups in total. The molecule has 2 aromatic heterocycles. The average Bonchev–Trinajstić information content (AvgIpc) is 3.00. The van der Waals surface area contributed by atoms with Crippen LogP contribution < -0.4 is 0 Å². The normalized spacial score (nSPS) is 28.4. The SMILES string of the molecule is O[C@]1(c2ccc(Cl)s2)CCCC[C@@H]1n1cncn1. The second-order valence-corrected chi connectivity index (χ2v) is 6.38. The van der Waals surface area contributed by atoms with Crippen LogP contribution in [0.5, 0.6) is 0 Å². The molecule has 0 bridgehead atoms. The first-order chi connectivity index (χ1) is 8.70. The zero-order valence-electron chi connectivity index (χ0n) is 9.79. The summed E-state index contributed by atoms with van der Waals surface area (Å²) >= 11 is 7.43. The lowest BCUT2D eigenvalue weighted by molar-refractivity contribution is -0.0486. The molecular weight excluding hydrogens is 270 g/mol. The second-order valence-electron chi connectivity index (χ2n) is 4.67. The number of aromatic nitrogens is 3. The van der Waals surface area contributed by atoms with Gasteiger partial charge in [-0.3, -0.25) is 0 Å². The number of thiophene rings is 1. The molecule has 4 nitrogen and oxygen atoms in total. The number of aliphatic hydroxyl groups is 1. The van der Waals surface area contributed by atoms with Crippen LogP contribution in [0.4, 0.5) is 0 Å². The van der Waals surface area contributed by atoms with Crippen molar-refractivity contribution in [2.75, 3.05) is 0 Å². The monoisotopic (exact) mass is 283 g/mol. The summed E-state index contributed by atoms with van der Waals surface area (Å²) in [7, 11) is 0. The number of hydrogen-bond acceptors (Lipinski definition) is 4. The highest BCUT2D eigenvalue weighted by molar-refractivity contribution is 7.16. The van der Waals surface area contributed by atoms with Gasteiger partial charge in [0.15, 0.2) is 0 Å². The van der Waals surface area contributed by atoms with Gasteiger partial charge in [-0.1, -0.05) is 24.4 Å². The van der Waals surface area contributed by atoms with Gasteiger partial charge in [-0.15, -0.1) is 11.3 Å². The molecule has 1 aliphatic carbocycles. The first kappa shape index (κ1) is 12.1. The highest BCUT2D eigenvalue weighted by Gasteiger charge is 2.43. The largest absolute Gasteiger partial charge is 0.382 e. The van der Waals surface area contributed by atoms with Gasteiger partial charge in [0, 0.05) is 4.88 Å². The minimum Gasteiger partial charge on any atom is -0.382 e. The maximum Gasteiger partial charge on any atom is 0.137 e. The van der Waals surface area contributed by atoms with Crippen molar-refractivity contribution in [3.63, 3.8) is 0 Å². The van der Waals surface area contributed by atoms with Crippen LogP contribution in [-0.2, 0) is 5.60 Å². The molecule has 2 aromatic rings. The van der Waals surface area contributed by atoms with Crippen molar-refractivity contribution in [1.82, 2.24) is 14.8 Å². The Morgan fingerprint density at radius 3 is 3.00 bits per heavy atom. The number of rotatable bonds is 2. The molecule has 2 heterocycles. The van der Waals surface area contributed by atoms with Gasteiger partial charge in [0.2, 0.25) is 0 Å². The minimum absolute atomic E-state index is 0.0523. The molecule has 0 spiro atoms. The van der Waals surface area contributed by atoms with Gasteiger partial charge in [-0.05, 0) is 25.0 Å². The molecule has 0 amide bonds. The van der Waals surface area contributed by atoms with Gasteiger partial charge in [-0.25, -0.2) is 9.67 Å². The third-order valence-electron chi connectivity index (χ3n) is 3.59. The van der Waals surface area contributed by atoms with Gasteiger partial charge in [0.25, 0.3) is 0 Å². The standard InChI is InChI=1S/C12H14ClN3OS/c13-11-5-4-10(18-11)12(17)6-2-1-3-9(12)16-8-14-7-15-16/h4-5,7-9,17H,1-3,6H2/t9-,12+/m0/s1. The van der Waals surface area contributed by atoms with Crippen LogP contribution in [0.2, 0.25) is 4.34 Å². The second kappa shape index (κ2) is 4.64. The number of halogens is 1. The summed E-state index contributed by atoms with van der Waals surface area (Å²) in [6.07, 6.45) is 6.97. The molecule has 0 aromatic carbocycles. The number of nitrogens with zero attached hydrogens (tertiary/aromatic N) is 3. The lowest BCUT2D eigenvalue weighted by Gasteiger charge is -2.39. The van der Waals surface area contributed by atoms with E-state index in [9.17, 15) is 5.11 Å². The molecule has 1 saturated carbocycles. The quantitative estimate of drug-likeness (QED) is 0.922. The topological polar surface area (TPSA) is 50.9 Å². The summed E-state index contributed by atoms with van der Waals surface area (Å²) < 4.78 is 2.48. The predicted octanol–water partition coefficient (Wildman–Crippen LogP) is 3.00. The lowest BCUT2D eigenvalue weighted by atomic mass is 9.79. The summed E-state index contributed by atoms with van der Waals surface area (Å²) in [6, 6.07) is 3.71. The van der Waals surface area contributed by atoms with Crippen molar-refractivity contribution >= 4 is 22.9 Å². The molecule has 1 fully saturated rings. The van der Waals surface area contributed by atoms with Crippen LogP contribution in [0.3, 0.4) is 0 Å². The summed E-state index contributed by atoms with van der Waals surface area (Å²) in [4.78, 5) is 4.90. The van der Waals surface area contributed by atoms with E-state index in [-0.39, 0.29) is 6.04 Å². The Kier molecular flexibility index (Phi) is 3.13. The first-order valence-corrected chi connectivity index (χ1v) is 7.22. The van der Waals surface area contributed by atoms with Gasteiger partial charge in [0.1, 0.15) is 18.3 Å². The molecule has 6 heteroatoms. The molecule has 18 heavy (non-hydrogen) atoms. The van der Waals surface area contributed by atoms with E-state index < -0.39 is 5.60 Å². The molecule has 0 aliphatic heterocycles. The molecular formula is C12H14ClN3OS. The fourth-order valence-corrected chi connectivity index (χ4v) is 3.91. The van der Waals surface area contributed by atoms with Crippen LogP contribution >= 0.6 is 22.9 Å². The molecule has 0 saturated heterocycles. The molecule has 3 rings (SSSR count). The van der Waals surface area contributed by atoms with Crippen LogP contribution in [-0.4, -0.2) is 19.9 Å². The van der Waals surface area contributed by atoms with Gasteiger partial charge in [-0.2, -0.15) is 5.10 Å². The molecule has 2 atom stereocenters. The zero-order valence-corrected chi connectivity index (χ0v) is 11.4. The van der Waals surface area contributed by atoms with E-state index in [0.717, 1.165) is 30.6 Å². The summed E-state index contributed by atoms with van der Waals surface area (Å²) in [5.41, 5.74) is -0.871. The van der Waals surface area contributed by atoms with E-state index in [1.165, 1.54) is 17.7 Å². The third kappa shape index (κ3) is 1.96. The fraction of sp³-hybridized carbons (Fsp3) is 0.500. The van der Waals surface area contributed by atoms with Crippen molar-refractivity contribution in [3.8, 4) is 0 Å². The smallest absolute Gasteiger partial charge is 0.137 e. The van der Waals surface area contributed by atoms with E-state index in [1.807, 2.05) is 12.1 Å². The van der Waals surface area contributed by atoms with E-state index in [2.05, 4.69) is 10.1 Å². The van der Waals surface area contributed by atoms with Crippen LogP contribution in [0.15, 0.2) is 24.8 Å². The van der Waals surface area contributed by atoms with Crippen LogP contribution in [0.1, 0.15) is 36.6 Å². The van der Waals surface area contributed by atoms with E-state index in [4.69, 9.17) is 11.6 Å². The summed E-state index contributed by atoms with van der Waals surface area (Å²) in [6.45, 7) is 0. The lowest BCUT2D eigenvalue weighted by Crippen LogP contribution is -2.39. The van der Waals surface area contributed by atoms with Gasteiger partial charge >= 0.3 is 0 Å². The molecule has 0 radical (unpaired) electrons. The van der Waals surface area contributed by atoms with E-state index in [1.54, 1.807) is 11.0 Å². The predicted molar refractivity (Wildman–Crippen MR) is 70.8 cm³/mol. The molecule has 1 aliphatic rings. The van der Waals surface area contributed by atoms with Gasteiger partial charge < -0.3 is 5.11 Å². The van der Waals surface area contributed by atoms with Crippen molar-refractivity contribution in [2.45, 2.75) is 37.3 Å². The zero-order chi connectivity index (χ0) is 12.6. The molecule has 0 unspecified atom stereocenters. The summed E-state index contributed by atoms with van der Waals surface area (Å²) in [5, 5.41) is 15.2. The van der Waals surface area contributed by atoms with E-state index in [0.29, 0.717) is 4.34 Å². The van der Waals surface area contributed by atoms with Gasteiger partial charge in [0.05, 0.1) is 10.4 Å². The molecule has 96 valence electrons. The maximum absolute atomic E-state index is 11.1. The third-order valence-corrected chi connectivity index (χ3v) is 4.99. The first-order valence-electron chi connectivity index (χ1n) is 6.02. The highest BCUT2D eigenvalue weighted by Crippen LogP contribution is 2.46. The maximum atomic E-state index is 11.1. The summed E-state index contributed by atoms with van der Waals surface area (Å²) in [5.74, 6) is 0. The van der Waals surface area contributed by atoms with Crippen LogP contribution in [0.25, 0.3) is 0 Å². The average molecular weight is 284 g/mol. The minimum atomic E-state index is -0.871. The Bertz CT molecular complexity index is 527. The van der Waals surface area contributed by atoms with E-state index >= 15 is 0 Å². The fourth-order valence-electron chi connectivity index (χ4n) is 2.70. The Morgan fingerprint density at radius 2 is 2.33 bits per heavy atom. The van der Waals surface area contributed by atoms with Crippen molar-refractivity contribution in [2.24, 2.45) is 0 Å². The van der Waals surface area contributed by atoms with Crippen molar-refractivity contribution in [3.05, 3.63) is 34.0 Å². The highest BCUT2D eigenvalue weighted by atomic mass is 35.5. The van der Waals surface area contributed by atoms with Crippen molar-refractivity contribution in [1.29, 1.82) is 0 Å². The van der Waals surface area contributed by atoms with Crippen LogP contribution in [0, 0.1) is 0 Å². The Morgan fingerprint density at radius 1 is 1.44 bits per heavy atom. The Hall–Kier alpha value is -0.910. The van der Waals surface area contributed by atoms with Crippen molar-refractivity contribution < 1.29 is 5.11 Å². The number of hydrogen-bond donors (Lipinski definition) is 1. The Labute approximate surface area is 114 Å². The Balaban J connectivity index is 2.01.